The van der Waals surface area contributed by atoms with Crippen LogP contribution in [0.15, 0.2) is 30.3 Å². The summed E-state index contributed by atoms with van der Waals surface area (Å²) < 4.78 is 2.00. The summed E-state index contributed by atoms with van der Waals surface area (Å²) >= 11 is 0. The minimum absolute atomic E-state index is 0.799. The zero-order valence-corrected chi connectivity index (χ0v) is 12.1. The first-order valence-electron chi connectivity index (χ1n) is 6.64. The Morgan fingerprint density at radius 2 is 1.89 bits per heavy atom. The molecule has 0 fully saturated rings. The lowest BCUT2D eigenvalue weighted by molar-refractivity contribution is 0.641. The molecule has 0 radical (unpaired) electrons. The maximum Gasteiger partial charge on any atom is 0.148 e. The van der Waals surface area contributed by atoms with Crippen LogP contribution in [-0.4, -0.2) is 23.9 Å². The average Bonchev–Trinajstić information content (AvgIpc) is 2.77. The van der Waals surface area contributed by atoms with Crippen molar-refractivity contribution in [1.82, 2.24) is 9.78 Å². The summed E-state index contributed by atoms with van der Waals surface area (Å²) in [5.41, 5.74) is 3.66. The number of rotatable bonds is 5. The lowest BCUT2D eigenvalue weighted by Gasteiger charge is -2.12. The molecule has 4 heteroatoms. The number of benzene rings is 1. The third-order valence-corrected chi connectivity index (χ3v) is 3.21. The van der Waals surface area contributed by atoms with Gasteiger partial charge in [-0.3, -0.25) is 4.68 Å². The van der Waals surface area contributed by atoms with Crippen molar-refractivity contribution in [3.8, 4) is 0 Å². The second-order valence-corrected chi connectivity index (χ2v) is 4.90. The summed E-state index contributed by atoms with van der Waals surface area (Å²) in [7, 11) is 4.10. The topological polar surface area (TPSA) is 33.1 Å². The first-order chi connectivity index (χ1) is 9.10. The molecule has 0 aliphatic carbocycles. The molecule has 19 heavy (non-hydrogen) atoms. The van der Waals surface area contributed by atoms with Crippen molar-refractivity contribution in [2.45, 2.75) is 26.9 Å². The van der Waals surface area contributed by atoms with E-state index in [0.29, 0.717) is 0 Å². The Bertz CT molecular complexity index is 526. The molecule has 2 aromatic rings. The Labute approximate surface area is 115 Å². The molecule has 1 aromatic carbocycles. The highest BCUT2D eigenvalue weighted by Gasteiger charge is 2.02. The molecule has 2 rings (SSSR count). The summed E-state index contributed by atoms with van der Waals surface area (Å²) in [6.45, 7) is 5.89. The van der Waals surface area contributed by atoms with Gasteiger partial charge in [0.05, 0.1) is 0 Å². The summed E-state index contributed by atoms with van der Waals surface area (Å²) in [5, 5.41) is 7.85. The molecule has 0 unspecified atom stereocenters. The minimum atomic E-state index is 0.799. The van der Waals surface area contributed by atoms with E-state index in [0.717, 1.165) is 18.9 Å². The van der Waals surface area contributed by atoms with Crippen LogP contribution in [0.3, 0.4) is 0 Å². The summed E-state index contributed by atoms with van der Waals surface area (Å²) in [5.74, 6) is 0.941. The highest BCUT2D eigenvalue weighted by atomic mass is 15.3. The summed E-state index contributed by atoms with van der Waals surface area (Å²) in [4.78, 5) is 2.10. The van der Waals surface area contributed by atoms with Crippen LogP contribution < -0.4 is 10.2 Å². The molecule has 0 saturated heterocycles. The van der Waals surface area contributed by atoms with Crippen molar-refractivity contribution in [2.75, 3.05) is 24.3 Å². The van der Waals surface area contributed by atoms with Crippen LogP contribution in [0.5, 0.6) is 0 Å². The minimum Gasteiger partial charge on any atom is -0.378 e. The molecule has 0 aliphatic heterocycles. The molecule has 1 aromatic heterocycles. The van der Waals surface area contributed by atoms with Crippen molar-refractivity contribution in [3.63, 3.8) is 0 Å². The Hall–Kier alpha value is -1.97. The number of hydrogen-bond donors (Lipinski definition) is 1. The first kappa shape index (κ1) is 13.5. The monoisotopic (exact) mass is 258 g/mol. The van der Waals surface area contributed by atoms with Gasteiger partial charge in [0.2, 0.25) is 0 Å². The van der Waals surface area contributed by atoms with Crippen LogP contribution in [0.4, 0.5) is 11.5 Å². The van der Waals surface area contributed by atoms with E-state index in [-0.39, 0.29) is 0 Å². The van der Waals surface area contributed by atoms with Gasteiger partial charge in [-0.25, -0.2) is 0 Å². The van der Waals surface area contributed by atoms with Gasteiger partial charge in [-0.2, -0.15) is 5.10 Å². The van der Waals surface area contributed by atoms with Crippen molar-refractivity contribution in [3.05, 3.63) is 41.6 Å². The predicted octanol–water partition coefficient (Wildman–Crippen LogP) is 2.89. The Kier molecular flexibility index (Phi) is 4.10. The van der Waals surface area contributed by atoms with Crippen molar-refractivity contribution < 1.29 is 0 Å². The van der Waals surface area contributed by atoms with E-state index in [1.54, 1.807) is 0 Å². The fourth-order valence-corrected chi connectivity index (χ4v) is 2.02. The molecule has 0 bridgehead atoms. The number of anilines is 2. The van der Waals surface area contributed by atoms with E-state index < -0.39 is 0 Å². The van der Waals surface area contributed by atoms with Crippen molar-refractivity contribution >= 4 is 11.5 Å². The summed E-state index contributed by atoms with van der Waals surface area (Å²) in [6.07, 6.45) is 0. The molecule has 0 atom stereocenters. The first-order valence-corrected chi connectivity index (χ1v) is 6.64. The predicted molar refractivity (Wildman–Crippen MR) is 80.7 cm³/mol. The molecule has 1 N–H and O–H groups in total. The maximum absolute atomic E-state index is 4.49. The molecule has 0 spiro atoms. The normalized spacial score (nSPS) is 10.5. The van der Waals surface area contributed by atoms with Crippen LogP contribution in [0.2, 0.25) is 0 Å². The van der Waals surface area contributed by atoms with E-state index in [4.69, 9.17) is 0 Å². The average molecular weight is 258 g/mol. The number of hydrogen-bond acceptors (Lipinski definition) is 3. The quantitative estimate of drug-likeness (QED) is 0.895. The van der Waals surface area contributed by atoms with Crippen LogP contribution in [0.25, 0.3) is 0 Å². The number of nitrogens with zero attached hydrogens (tertiary/aromatic N) is 3. The van der Waals surface area contributed by atoms with Gasteiger partial charge in [0, 0.05) is 44.6 Å². The van der Waals surface area contributed by atoms with Gasteiger partial charge in [-0.05, 0) is 31.5 Å². The van der Waals surface area contributed by atoms with Gasteiger partial charge in [-0.15, -0.1) is 0 Å². The maximum atomic E-state index is 4.49. The van der Waals surface area contributed by atoms with Gasteiger partial charge >= 0.3 is 0 Å². The molecular weight excluding hydrogens is 236 g/mol. The van der Waals surface area contributed by atoms with Crippen LogP contribution >= 0.6 is 0 Å². The highest BCUT2D eigenvalue weighted by molar-refractivity contribution is 5.46. The zero-order valence-electron chi connectivity index (χ0n) is 12.1. The highest BCUT2D eigenvalue weighted by Crippen LogP contribution is 2.14. The van der Waals surface area contributed by atoms with Crippen LogP contribution in [-0.2, 0) is 13.1 Å². The fourth-order valence-electron chi connectivity index (χ4n) is 2.02. The number of aryl methyl sites for hydroxylation is 2. The fraction of sp³-hybridized carbons (Fsp3) is 0.400. The van der Waals surface area contributed by atoms with Crippen LogP contribution in [0, 0.1) is 6.92 Å². The molecule has 0 amide bonds. The third kappa shape index (κ3) is 3.28. The lowest BCUT2D eigenvalue weighted by Crippen LogP contribution is -2.08. The Balaban J connectivity index is 1.97. The second kappa shape index (κ2) is 5.78. The standard InChI is InChI=1S/C15H22N4/c1-5-19-12(2)10-15(17-19)16-11-13-6-8-14(9-7-13)18(3)4/h6-10H,5,11H2,1-4H3,(H,16,17). The van der Waals surface area contributed by atoms with E-state index in [9.17, 15) is 0 Å². The molecule has 0 saturated carbocycles. The van der Waals surface area contributed by atoms with Gasteiger partial charge in [0.25, 0.3) is 0 Å². The van der Waals surface area contributed by atoms with Crippen molar-refractivity contribution in [2.24, 2.45) is 0 Å². The second-order valence-electron chi connectivity index (χ2n) is 4.90. The number of aromatic nitrogens is 2. The van der Waals surface area contributed by atoms with E-state index in [1.807, 2.05) is 18.8 Å². The number of nitrogens with one attached hydrogen (secondary N) is 1. The molecule has 1 heterocycles. The lowest BCUT2D eigenvalue weighted by atomic mass is 10.2. The largest absolute Gasteiger partial charge is 0.378 e. The van der Waals surface area contributed by atoms with E-state index >= 15 is 0 Å². The third-order valence-electron chi connectivity index (χ3n) is 3.21. The SMILES string of the molecule is CCn1nc(NCc2ccc(N(C)C)cc2)cc1C. The molecular formula is C15H22N4. The molecule has 0 aliphatic rings. The van der Waals surface area contributed by atoms with E-state index in [2.05, 4.69) is 59.5 Å². The smallest absolute Gasteiger partial charge is 0.148 e. The Morgan fingerprint density at radius 3 is 2.42 bits per heavy atom. The van der Waals surface area contributed by atoms with Gasteiger partial charge < -0.3 is 10.2 Å². The zero-order chi connectivity index (χ0) is 13.8. The van der Waals surface area contributed by atoms with Gasteiger partial charge in [0.15, 0.2) is 0 Å². The Morgan fingerprint density at radius 1 is 1.21 bits per heavy atom. The summed E-state index contributed by atoms with van der Waals surface area (Å²) in [6, 6.07) is 10.6. The molecule has 4 nitrogen and oxygen atoms in total. The van der Waals surface area contributed by atoms with Crippen LogP contribution in [0.1, 0.15) is 18.2 Å². The van der Waals surface area contributed by atoms with Gasteiger partial charge in [-0.1, -0.05) is 12.1 Å². The van der Waals surface area contributed by atoms with Crippen molar-refractivity contribution in [1.29, 1.82) is 0 Å². The van der Waals surface area contributed by atoms with Gasteiger partial charge in [0.1, 0.15) is 5.82 Å². The van der Waals surface area contributed by atoms with E-state index in [1.165, 1.54) is 16.9 Å². The molecule has 102 valence electrons.